The van der Waals surface area contributed by atoms with E-state index in [-0.39, 0.29) is 24.9 Å². The van der Waals surface area contributed by atoms with Gasteiger partial charge in [-0.1, -0.05) is 109 Å². The Hall–Kier alpha value is -7.00. The van der Waals surface area contributed by atoms with Crippen molar-refractivity contribution < 1.29 is 9.59 Å². The molecule has 0 saturated heterocycles. The number of anilines is 1. The minimum atomic E-state index is -0.0370. The Bertz CT molecular complexity index is 2590. The first-order valence-corrected chi connectivity index (χ1v) is 18.7. The molecule has 0 saturated carbocycles. The molecule has 8 aromatic rings. The van der Waals surface area contributed by atoms with Crippen LogP contribution in [0, 0.1) is 6.92 Å². The lowest BCUT2D eigenvalue weighted by Gasteiger charge is -2.16. The van der Waals surface area contributed by atoms with Crippen molar-refractivity contribution in [2.24, 2.45) is 0 Å². The van der Waals surface area contributed by atoms with Crippen LogP contribution in [-0.2, 0) is 35.8 Å². The van der Waals surface area contributed by atoms with E-state index >= 15 is 0 Å². The maximum Gasteiger partial charge on any atom is 0.240 e. The van der Waals surface area contributed by atoms with E-state index in [0.717, 1.165) is 50.0 Å². The summed E-state index contributed by atoms with van der Waals surface area (Å²) in [6.07, 6.45) is 3.42. The number of benzene rings is 6. The van der Waals surface area contributed by atoms with Gasteiger partial charge < -0.3 is 24.7 Å². The molecular formula is C47H45N7O2. The van der Waals surface area contributed by atoms with Crippen LogP contribution >= 0.6 is 0 Å². The monoisotopic (exact) mass is 739 g/mol. The molecule has 0 fully saturated rings. The van der Waals surface area contributed by atoms with Crippen molar-refractivity contribution in [1.82, 2.24) is 29.7 Å². The zero-order valence-electron chi connectivity index (χ0n) is 31.9. The predicted molar refractivity (Wildman–Crippen MR) is 226 cm³/mol. The number of nitrogens with one attached hydrogen (secondary N) is 2. The van der Waals surface area contributed by atoms with Gasteiger partial charge in [0.15, 0.2) is 0 Å². The Labute approximate surface area is 327 Å². The summed E-state index contributed by atoms with van der Waals surface area (Å²) in [6, 6.07) is 48.9. The highest BCUT2D eigenvalue weighted by Crippen LogP contribution is 2.27. The number of carbonyl (C=O) groups is 2. The maximum atomic E-state index is 12.6. The van der Waals surface area contributed by atoms with Gasteiger partial charge in [0.2, 0.25) is 11.8 Å². The van der Waals surface area contributed by atoms with Gasteiger partial charge in [-0.3, -0.25) is 9.59 Å². The van der Waals surface area contributed by atoms with Gasteiger partial charge >= 0.3 is 0 Å². The second kappa shape index (κ2) is 17.4. The largest absolute Gasteiger partial charge is 0.378 e. The van der Waals surface area contributed by atoms with E-state index in [1.54, 1.807) is 12.7 Å². The molecule has 56 heavy (non-hydrogen) atoms. The molecule has 2 heterocycles. The Morgan fingerprint density at radius 2 is 1.12 bits per heavy atom. The highest BCUT2D eigenvalue weighted by atomic mass is 16.2. The fraction of sp³-hybridized carbons (Fsp3) is 0.149. The molecule has 8 rings (SSSR count). The molecule has 280 valence electrons. The second-order valence-electron chi connectivity index (χ2n) is 13.9. The van der Waals surface area contributed by atoms with Crippen LogP contribution in [0.1, 0.15) is 16.7 Å². The second-order valence-corrected chi connectivity index (χ2v) is 13.9. The third-order valence-electron chi connectivity index (χ3n) is 9.75. The number of hydrogen-bond acceptors (Lipinski definition) is 5. The average Bonchev–Trinajstić information content (AvgIpc) is 3.84. The number of carbonyl (C=O) groups excluding carboxylic acids is 2. The van der Waals surface area contributed by atoms with Crippen molar-refractivity contribution in [2.45, 2.75) is 33.1 Å². The Balaban J connectivity index is 0.000000172. The number of amides is 2. The van der Waals surface area contributed by atoms with Crippen LogP contribution < -0.4 is 15.5 Å². The normalized spacial score (nSPS) is 10.8. The number of rotatable bonds is 11. The van der Waals surface area contributed by atoms with Crippen LogP contribution in [-0.4, -0.2) is 45.0 Å². The molecular weight excluding hydrogens is 695 g/mol. The van der Waals surface area contributed by atoms with E-state index in [2.05, 4.69) is 111 Å². The van der Waals surface area contributed by atoms with Crippen LogP contribution in [0.5, 0.6) is 0 Å². The van der Waals surface area contributed by atoms with Crippen molar-refractivity contribution in [1.29, 1.82) is 0 Å². The molecule has 0 aliphatic heterocycles. The molecule has 2 amide bonds. The molecule has 0 atom stereocenters. The van der Waals surface area contributed by atoms with E-state index in [1.165, 1.54) is 16.7 Å². The summed E-state index contributed by atoms with van der Waals surface area (Å²) >= 11 is 0. The minimum absolute atomic E-state index is 0.0267. The van der Waals surface area contributed by atoms with E-state index in [1.807, 2.05) is 90.0 Å². The van der Waals surface area contributed by atoms with Gasteiger partial charge in [0.25, 0.3) is 0 Å². The average molecular weight is 740 g/mol. The third-order valence-corrected chi connectivity index (χ3v) is 9.75. The summed E-state index contributed by atoms with van der Waals surface area (Å²) in [6.45, 7) is 3.62. The molecule has 0 aliphatic carbocycles. The van der Waals surface area contributed by atoms with Gasteiger partial charge in [-0.2, -0.15) is 0 Å². The zero-order chi connectivity index (χ0) is 38.9. The van der Waals surface area contributed by atoms with Gasteiger partial charge in [-0.25, -0.2) is 9.97 Å². The van der Waals surface area contributed by atoms with Crippen LogP contribution in [0.2, 0.25) is 0 Å². The molecule has 0 aliphatic rings. The Morgan fingerprint density at radius 3 is 1.75 bits per heavy atom. The quantitative estimate of drug-likeness (QED) is 0.139. The number of fused-ring (bicyclic) bond motifs is 2. The molecule has 2 N–H and O–H groups in total. The molecule has 6 aromatic carbocycles. The molecule has 0 unspecified atom stereocenters. The van der Waals surface area contributed by atoms with Crippen LogP contribution in [0.25, 0.3) is 44.3 Å². The first kappa shape index (κ1) is 37.3. The topological polar surface area (TPSA) is 97.1 Å². The Kier molecular flexibility index (Phi) is 11.6. The SMILES string of the molecule is CN(C)c1cccc(-c2ccccc2CNC(=O)Cn2cnc3ccccc32)c1.Cc1ccccc1-c1ccc(CNC(=O)Cn2cnc3ccccc32)cc1. The fourth-order valence-electron chi connectivity index (χ4n) is 6.69. The summed E-state index contributed by atoms with van der Waals surface area (Å²) in [7, 11) is 4.07. The van der Waals surface area contributed by atoms with Crippen LogP contribution in [0.15, 0.2) is 158 Å². The van der Waals surface area contributed by atoms with Gasteiger partial charge in [0.05, 0.1) is 34.7 Å². The number of aryl methyl sites for hydroxylation is 1. The van der Waals surface area contributed by atoms with Crippen molar-refractivity contribution in [2.75, 3.05) is 19.0 Å². The first-order valence-electron chi connectivity index (χ1n) is 18.7. The first-order chi connectivity index (χ1) is 27.3. The molecule has 9 nitrogen and oxygen atoms in total. The predicted octanol–water partition coefficient (Wildman–Crippen LogP) is 8.41. The van der Waals surface area contributed by atoms with E-state index in [0.29, 0.717) is 13.1 Å². The highest BCUT2D eigenvalue weighted by Gasteiger charge is 2.11. The molecule has 0 radical (unpaired) electrons. The number of imidazole rings is 2. The standard InChI is InChI=1S/C24H24N4O.C23H21N3O/c1-27(2)20-10-7-9-18(14-20)21-11-4-3-8-19(21)15-25-24(29)16-28-17-26-22-12-5-6-13-23(22)28;1-17-6-2-3-7-20(17)19-12-10-18(11-13-19)14-24-23(27)15-26-16-25-21-8-4-5-9-22(21)26/h3-14,17H,15-16H2,1-2H3,(H,25,29);2-13,16H,14-15H2,1H3,(H,24,27). The maximum absolute atomic E-state index is 12.6. The zero-order valence-corrected chi connectivity index (χ0v) is 31.9. The van der Waals surface area contributed by atoms with Crippen molar-refractivity contribution in [3.63, 3.8) is 0 Å². The van der Waals surface area contributed by atoms with E-state index in [9.17, 15) is 9.59 Å². The minimum Gasteiger partial charge on any atom is -0.378 e. The lowest BCUT2D eigenvalue weighted by atomic mass is 9.99. The van der Waals surface area contributed by atoms with Gasteiger partial charge in [0, 0.05) is 32.9 Å². The molecule has 2 aromatic heterocycles. The number of aromatic nitrogens is 4. The summed E-state index contributed by atoms with van der Waals surface area (Å²) in [5.41, 5.74) is 13.0. The lowest BCUT2D eigenvalue weighted by molar-refractivity contribution is -0.122. The summed E-state index contributed by atoms with van der Waals surface area (Å²) < 4.78 is 3.74. The molecule has 0 spiro atoms. The summed E-state index contributed by atoms with van der Waals surface area (Å²) in [4.78, 5) is 35.6. The highest BCUT2D eigenvalue weighted by molar-refractivity contribution is 5.82. The van der Waals surface area contributed by atoms with E-state index < -0.39 is 0 Å². The van der Waals surface area contributed by atoms with Crippen LogP contribution in [0.3, 0.4) is 0 Å². The van der Waals surface area contributed by atoms with Crippen LogP contribution in [0.4, 0.5) is 5.69 Å². The van der Waals surface area contributed by atoms with Gasteiger partial charge in [-0.05, 0) is 82.3 Å². The van der Waals surface area contributed by atoms with E-state index in [4.69, 9.17) is 0 Å². The fourth-order valence-corrected chi connectivity index (χ4v) is 6.69. The Morgan fingerprint density at radius 1 is 0.571 bits per heavy atom. The number of hydrogen-bond donors (Lipinski definition) is 2. The molecule has 0 bridgehead atoms. The van der Waals surface area contributed by atoms with Gasteiger partial charge in [0.1, 0.15) is 13.1 Å². The summed E-state index contributed by atoms with van der Waals surface area (Å²) in [5, 5.41) is 6.04. The summed E-state index contributed by atoms with van der Waals surface area (Å²) in [5.74, 6) is -0.0638. The smallest absolute Gasteiger partial charge is 0.240 e. The van der Waals surface area contributed by atoms with Crippen molar-refractivity contribution in [3.8, 4) is 22.3 Å². The van der Waals surface area contributed by atoms with Gasteiger partial charge in [-0.15, -0.1) is 0 Å². The van der Waals surface area contributed by atoms with Crippen molar-refractivity contribution >= 4 is 39.6 Å². The number of nitrogens with zero attached hydrogens (tertiary/aromatic N) is 5. The lowest BCUT2D eigenvalue weighted by Crippen LogP contribution is -2.27. The number of para-hydroxylation sites is 4. The van der Waals surface area contributed by atoms with Crippen molar-refractivity contribution in [3.05, 3.63) is 175 Å². The molecule has 9 heteroatoms. The third kappa shape index (κ3) is 9.02.